The van der Waals surface area contributed by atoms with Gasteiger partial charge < -0.3 is 26.0 Å². The van der Waals surface area contributed by atoms with Gasteiger partial charge in [-0.1, -0.05) is 56.3 Å². The van der Waals surface area contributed by atoms with Crippen LogP contribution in [0.25, 0.3) is 0 Å². The number of carbonyl (C=O) groups is 4. The van der Waals surface area contributed by atoms with Crippen LogP contribution < -0.4 is 21.1 Å². The third-order valence-corrected chi connectivity index (χ3v) is 12.8. The molecule has 3 aliphatic carbocycles. The predicted molar refractivity (Wildman–Crippen MR) is 181 cm³/mol. The minimum atomic E-state index is -3.85. The van der Waals surface area contributed by atoms with E-state index in [1.165, 1.54) is 9.80 Å². The highest BCUT2D eigenvalue weighted by Crippen LogP contribution is 2.47. The van der Waals surface area contributed by atoms with Crippen LogP contribution in [0.15, 0.2) is 18.2 Å². The van der Waals surface area contributed by atoms with Crippen molar-refractivity contribution in [3.05, 3.63) is 34.3 Å². The van der Waals surface area contributed by atoms with Crippen molar-refractivity contribution in [2.24, 2.45) is 17.6 Å². The second kappa shape index (κ2) is 13.6. The summed E-state index contributed by atoms with van der Waals surface area (Å²) in [5.41, 5.74) is 6.21. The third-order valence-electron chi connectivity index (χ3n) is 10.5. The number of ether oxygens (including phenoxy) is 1. The van der Waals surface area contributed by atoms with Crippen LogP contribution in [0.2, 0.25) is 5.02 Å². The zero-order valence-electron chi connectivity index (χ0n) is 26.9. The Morgan fingerprint density at radius 1 is 1.12 bits per heavy atom. The number of sulfonamides is 1. The van der Waals surface area contributed by atoms with E-state index in [4.69, 9.17) is 34.3 Å². The number of halogens is 1. The Morgan fingerprint density at radius 3 is 2.48 bits per heavy atom. The molecule has 0 spiro atoms. The zero-order chi connectivity index (χ0) is 34.4. The van der Waals surface area contributed by atoms with Crippen LogP contribution in [0.1, 0.15) is 82.3 Å². The molecule has 5 aliphatic rings. The molecule has 3 saturated carbocycles. The van der Waals surface area contributed by atoms with Crippen LogP contribution in [-0.2, 0) is 42.2 Å². The van der Waals surface area contributed by atoms with Crippen molar-refractivity contribution in [3.63, 3.8) is 0 Å². The fraction of sp³-hybridized carbons (Fsp3) is 0.656. The lowest BCUT2D eigenvalue weighted by Gasteiger charge is -2.35. The molecular formula is C32H43ClN6O7S2. The van der Waals surface area contributed by atoms with Gasteiger partial charge in [0, 0.05) is 18.0 Å². The molecule has 5 N–H and O–H groups in total. The summed E-state index contributed by atoms with van der Waals surface area (Å²) in [5.74, 6) is -2.12. The number of nitrogens with two attached hydrogens (primary N) is 1. The summed E-state index contributed by atoms with van der Waals surface area (Å²) in [4.78, 5) is 58.1. The minimum absolute atomic E-state index is 0.00974. The van der Waals surface area contributed by atoms with Crippen molar-refractivity contribution >= 4 is 62.8 Å². The van der Waals surface area contributed by atoms with Crippen molar-refractivity contribution in [1.82, 2.24) is 25.2 Å². The highest BCUT2D eigenvalue weighted by Gasteiger charge is 2.62. The second-order valence-electron chi connectivity index (χ2n) is 13.8. The number of benzene rings is 1. The summed E-state index contributed by atoms with van der Waals surface area (Å²) in [6, 6.07) is 3.60. The van der Waals surface area contributed by atoms with Crippen LogP contribution in [0.4, 0.5) is 4.79 Å². The zero-order valence-corrected chi connectivity index (χ0v) is 29.3. The molecule has 1 aromatic carbocycles. The number of carbonyl (C=O) groups excluding carboxylic acids is 4. The summed E-state index contributed by atoms with van der Waals surface area (Å²) in [6.07, 6.45) is 4.85. The van der Waals surface area contributed by atoms with Gasteiger partial charge in [0.1, 0.15) is 23.7 Å². The van der Waals surface area contributed by atoms with E-state index in [0.717, 1.165) is 43.2 Å². The van der Waals surface area contributed by atoms with Gasteiger partial charge in [0.2, 0.25) is 21.8 Å². The van der Waals surface area contributed by atoms with Crippen molar-refractivity contribution in [1.29, 1.82) is 0 Å². The fourth-order valence-electron chi connectivity index (χ4n) is 7.58. The summed E-state index contributed by atoms with van der Waals surface area (Å²) in [5, 5.41) is 5.72. The van der Waals surface area contributed by atoms with Crippen LogP contribution >= 0.6 is 23.8 Å². The first-order valence-electron chi connectivity index (χ1n) is 16.8. The molecule has 0 unspecified atom stereocenters. The maximum Gasteiger partial charge on any atom is 0.410 e. The van der Waals surface area contributed by atoms with Gasteiger partial charge in [-0.25, -0.2) is 13.2 Å². The number of amides is 4. The van der Waals surface area contributed by atoms with Crippen molar-refractivity contribution < 1.29 is 32.3 Å². The summed E-state index contributed by atoms with van der Waals surface area (Å²) < 4.78 is 33.4. The maximum atomic E-state index is 14.3. The Hall–Kier alpha value is -3.17. The lowest BCUT2D eigenvalue weighted by Crippen LogP contribution is -2.59. The largest absolute Gasteiger partial charge is 0.444 e. The molecule has 48 heavy (non-hydrogen) atoms. The third kappa shape index (κ3) is 7.09. The van der Waals surface area contributed by atoms with Gasteiger partial charge >= 0.3 is 6.09 Å². The molecule has 0 bridgehead atoms. The van der Waals surface area contributed by atoms with E-state index >= 15 is 0 Å². The summed E-state index contributed by atoms with van der Waals surface area (Å²) in [6.45, 7) is 2.39. The number of thiocarbonyl (C=S) groups is 1. The Bertz CT molecular complexity index is 1600. The van der Waals surface area contributed by atoms with Gasteiger partial charge in [0.05, 0.1) is 18.3 Å². The Kier molecular flexibility index (Phi) is 9.84. The smallest absolute Gasteiger partial charge is 0.410 e. The lowest BCUT2D eigenvalue weighted by atomic mass is 9.83. The molecule has 5 atom stereocenters. The highest BCUT2D eigenvalue weighted by molar-refractivity contribution is 7.91. The molecule has 2 heterocycles. The van der Waals surface area contributed by atoms with E-state index in [2.05, 4.69) is 15.4 Å². The number of likely N-dealkylation sites (tertiary alicyclic amines) is 1. The second-order valence-corrected chi connectivity index (χ2v) is 16.6. The van der Waals surface area contributed by atoms with Crippen molar-refractivity contribution in [2.45, 2.75) is 113 Å². The minimum Gasteiger partial charge on any atom is -0.444 e. The fourth-order valence-corrected chi connectivity index (χ4v) is 9.32. The maximum absolute atomic E-state index is 14.3. The van der Waals surface area contributed by atoms with E-state index < -0.39 is 62.8 Å². The van der Waals surface area contributed by atoms with Gasteiger partial charge in [0.15, 0.2) is 5.11 Å². The number of fused-ring (bicyclic) bond motifs is 1. The number of nitrogens with one attached hydrogen (secondary N) is 3. The van der Waals surface area contributed by atoms with E-state index in [1.54, 1.807) is 6.07 Å². The first-order valence-corrected chi connectivity index (χ1v) is 19.1. The first kappa shape index (κ1) is 34.7. The molecule has 13 nitrogen and oxygen atoms in total. The van der Waals surface area contributed by atoms with E-state index in [9.17, 15) is 27.6 Å². The molecule has 0 aromatic heterocycles. The molecule has 2 aliphatic heterocycles. The standard InChI is InChI=1S/C32H43ClN6O7S2/c1-2-20-14-32(20,29(42)37-48(44,45)22-11-12-22)36-27(40)25-13-21(46-31(43)38-15-19-9-6-10-24(33)23(19)17-38)16-39(25)28(41)26(35-30(34)47)18-7-4-3-5-8-18/h6,9-10,18,20-22,25-26H,2-5,7-8,11-17H2,1H3,(H,36,40)(H,37,42)(H3,34,35,47)/t20-,21-,25+,26+,32-/m1/s1. The molecule has 1 saturated heterocycles. The number of hydrogen-bond acceptors (Lipinski definition) is 8. The quantitative estimate of drug-likeness (QED) is 0.262. The lowest BCUT2D eigenvalue weighted by molar-refractivity contribution is -0.142. The summed E-state index contributed by atoms with van der Waals surface area (Å²) >= 11 is 11.5. The van der Waals surface area contributed by atoms with E-state index in [0.29, 0.717) is 30.8 Å². The first-order chi connectivity index (χ1) is 22.8. The highest BCUT2D eigenvalue weighted by atomic mass is 35.5. The number of hydrogen-bond donors (Lipinski definition) is 4. The van der Waals surface area contributed by atoms with Gasteiger partial charge in [-0.2, -0.15) is 0 Å². The van der Waals surface area contributed by atoms with Gasteiger partial charge in [-0.05, 0) is 73.4 Å². The van der Waals surface area contributed by atoms with Crippen molar-refractivity contribution in [2.75, 3.05) is 6.54 Å². The normalized spacial score (nSPS) is 27.5. The molecular weight excluding hydrogens is 680 g/mol. The van der Waals surface area contributed by atoms with Crippen molar-refractivity contribution in [3.8, 4) is 0 Å². The molecule has 262 valence electrons. The van der Waals surface area contributed by atoms with Crippen LogP contribution in [0.5, 0.6) is 0 Å². The van der Waals surface area contributed by atoms with E-state index in [-0.39, 0.29) is 42.9 Å². The molecule has 0 radical (unpaired) electrons. The van der Waals surface area contributed by atoms with Crippen LogP contribution in [0.3, 0.4) is 0 Å². The summed E-state index contributed by atoms with van der Waals surface area (Å²) in [7, 11) is -3.85. The molecule has 4 amide bonds. The van der Waals surface area contributed by atoms with E-state index in [1.807, 2.05) is 19.1 Å². The Labute approximate surface area is 291 Å². The SMILES string of the molecule is CC[C@@H]1C[C@]1(NC(=O)[C@@H]1C[C@@H](OC(=O)N2Cc3cccc(Cl)c3C2)CN1C(=O)[C@@H](NC(N)=S)C1CCCCC1)C(=O)NS(=O)(=O)C1CC1. The predicted octanol–water partition coefficient (Wildman–Crippen LogP) is 2.44. The van der Waals surface area contributed by atoms with Gasteiger partial charge in [-0.3, -0.25) is 24.0 Å². The molecule has 6 rings (SSSR count). The van der Waals surface area contributed by atoms with Gasteiger partial charge in [-0.15, -0.1) is 0 Å². The topological polar surface area (TPSA) is 180 Å². The monoisotopic (exact) mass is 722 g/mol. The number of nitrogens with zero attached hydrogens (tertiary/aromatic N) is 2. The molecule has 1 aromatic rings. The molecule has 4 fully saturated rings. The molecule has 16 heteroatoms. The average Bonchev–Trinajstić information content (AvgIpc) is 3.94. The Balaban J connectivity index is 1.22. The van der Waals surface area contributed by atoms with Crippen LogP contribution in [0, 0.1) is 11.8 Å². The average molecular weight is 723 g/mol. The number of rotatable bonds is 10. The Morgan fingerprint density at radius 2 is 1.85 bits per heavy atom. The van der Waals surface area contributed by atoms with Gasteiger partial charge in [0.25, 0.3) is 5.91 Å². The van der Waals surface area contributed by atoms with Crippen LogP contribution in [-0.4, -0.2) is 82.7 Å².